The molecule has 4 heteroatoms. The minimum absolute atomic E-state index is 0.538. The Morgan fingerprint density at radius 1 is 1.56 bits per heavy atom. The van der Waals surface area contributed by atoms with Gasteiger partial charge in [-0.15, -0.1) is 0 Å². The van der Waals surface area contributed by atoms with E-state index in [1.807, 2.05) is 12.3 Å². The van der Waals surface area contributed by atoms with Crippen LogP contribution in [0.25, 0.3) is 0 Å². The second-order valence-electron chi connectivity index (χ2n) is 4.35. The van der Waals surface area contributed by atoms with Crippen LogP contribution in [0.5, 0.6) is 0 Å². The molecular formula is C12H16BrClN2. The Kier molecular flexibility index (Phi) is 3.75. The van der Waals surface area contributed by atoms with Gasteiger partial charge in [-0.05, 0) is 48.2 Å². The molecule has 2 unspecified atom stereocenters. The Morgan fingerprint density at radius 3 is 2.94 bits per heavy atom. The molecule has 0 aliphatic carbocycles. The highest BCUT2D eigenvalue weighted by Crippen LogP contribution is 2.35. The van der Waals surface area contributed by atoms with Crippen molar-refractivity contribution >= 4 is 33.3 Å². The van der Waals surface area contributed by atoms with Gasteiger partial charge in [0.2, 0.25) is 0 Å². The molecule has 88 valence electrons. The van der Waals surface area contributed by atoms with E-state index >= 15 is 0 Å². The summed E-state index contributed by atoms with van der Waals surface area (Å²) in [4.78, 5) is 6.83. The molecule has 0 N–H and O–H groups in total. The van der Waals surface area contributed by atoms with Gasteiger partial charge in [0.15, 0.2) is 0 Å². The van der Waals surface area contributed by atoms with E-state index in [4.69, 9.17) is 11.6 Å². The van der Waals surface area contributed by atoms with E-state index in [2.05, 4.69) is 39.7 Å². The summed E-state index contributed by atoms with van der Waals surface area (Å²) in [6.07, 6.45) is 5.44. The van der Waals surface area contributed by atoms with E-state index in [-0.39, 0.29) is 0 Å². The molecule has 0 saturated carbocycles. The predicted octanol–water partition coefficient (Wildman–Crippen LogP) is 4.26. The van der Waals surface area contributed by atoms with Crippen molar-refractivity contribution in [2.24, 2.45) is 0 Å². The zero-order valence-corrected chi connectivity index (χ0v) is 11.9. The zero-order chi connectivity index (χ0) is 11.7. The molecule has 1 aliphatic heterocycles. The third kappa shape index (κ3) is 2.21. The molecule has 0 amide bonds. The Hall–Kier alpha value is -0.280. The van der Waals surface area contributed by atoms with Gasteiger partial charge in [0.1, 0.15) is 5.82 Å². The van der Waals surface area contributed by atoms with E-state index in [0.29, 0.717) is 12.1 Å². The minimum Gasteiger partial charge on any atom is -0.350 e. The predicted molar refractivity (Wildman–Crippen MR) is 72.2 cm³/mol. The summed E-state index contributed by atoms with van der Waals surface area (Å²) in [5.41, 5.74) is 0. The molecule has 2 heterocycles. The van der Waals surface area contributed by atoms with Crippen molar-refractivity contribution in [3.8, 4) is 0 Å². The monoisotopic (exact) mass is 302 g/mol. The molecule has 2 rings (SSSR count). The molecule has 2 atom stereocenters. The van der Waals surface area contributed by atoms with Gasteiger partial charge >= 0.3 is 0 Å². The van der Waals surface area contributed by atoms with Gasteiger partial charge in [-0.3, -0.25) is 0 Å². The number of aromatic nitrogens is 1. The van der Waals surface area contributed by atoms with Crippen LogP contribution in [0.4, 0.5) is 5.82 Å². The summed E-state index contributed by atoms with van der Waals surface area (Å²) in [5, 5.41) is 0.738. The Bertz CT molecular complexity index is 383. The van der Waals surface area contributed by atoms with Crippen LogP contribution in [0.3, 0.4) is 0 Å². The third-order valence-electron chi connectivity index (χ3n) is 3.29. The molecular weight excluding hydrogens is 288 g/mol. The number of pyridine rings is 1. The third-order valence-corrected chi connectivity index (χ3v) is 4.00. The highest BCUT2D eigenvalue weighted by Gasteiger charge is 2.31. The van der Waals surface area contributed by atoms with E-state index in [1.54, 1.807) is 0 Å². The standard InChI is InChI=1S/C12H16BrClN2/c1-3-10-5-4-8(2)16(10)12-11(14)6-9(13)7-15-12/h6-8,10H,3-5H2,1-2H3. The van der Waals surface area contributed by atoms with Crippen LogP contribution in [0.15, 0.2) is 16.7 Å². The Labute approximate surface area is 110 Å². The van der Waals surface area contributed by atoms with Crippen molar-refractivity contribution in [3.05, 3.63) is 21.8 Å². The summed E-state index contributed by atoms with van der Waals surface area (Å²) in [6, 6.07) is 3.04. The lowest BCUT2D eigenvalue weighted by atomic mass is 10.1. The van der Waals surface area contributed by atoms with Crippen LogP contribution in [0.1, 0.15) is 33.1 Å². The molecule has 16 heavy (non-hydrogen) atoms. The fourth-order valence-corrected chi connectivity index (χ4v) is 3.18. The van der Waals surface area contributed by atoms with Gasteiger partial charge in [0.05, 0.1) is 5.02 Å². The highest BCUT2D eigenvalue weighted by atomic mass is 79.9. The van der Waals surface area contributed by atoms with Gasteiger partial charge in [0, 0.05) is 22.8 Å². The molecule has 0 spiro atoms. The van der Waals surface area contributed by atoms with Crippen LogP contribution < -0.4 is 4.90 Å². The SMILES string of the molecule is CCC1CCC(C)N1c1ncc(Br)cc1Cl. The van der Waals surface area contributed by atoms with Crippen molar-refractivity contribution in [1.82, 2.24) is 4.98 Å². The number of halogens is 2. The molecule has 1 aromatic rings. The molecule has 0 aromatic carbocycles. The average Bonchev–Trinajstić information content (AvgIpc) is 2.60. The number of hydrogen-bond donors (Lipinski definition) is 0. The van der Waals surface area contributed by atoms with Gasteiger partial charge in [0.25, 0.3) is 0 Å². The lowest BCUT2D eigenvalue weighted by Crippen LogP contribution is -2.35. The van der Waals surface area contributed by atoms with E-state index in [0.717, 1.165) is 21.7 Å². The van der Waals surface area contributed by atoms with Gasteiger partial charge < -0.3 is 4.90 Å². The summed E-state index contributed by atoms with van der Waals surface area (Å²) < 4.78 is 0.932. The lowest BCUT2D eigenvalue weighted by molar-refractivity contribution is 0.621. The molecule has 2 nitrogen and oxygen atoms in total. The maximum Gasteiger partial charge on any atom is 0.147 e. The van der Waals surface area contributed by atoms with Gasteiger partial charge in [-0.1, -0.05) is 18.5 Å². The van der Waals surface area contributed by atoms with Gasteiger partial charge in [-0.25, -0.2) is 4.98 Å². The summed E-state index contributed by atoms with van der Waals surface area (Å²) in [7, 11) is 0. The first-order valence-corrected chi connectivity index (χ1v) is 6.90. The summed E-state index contributed by atoms with van der Waals surface area (Å²) in [6.45, 7) is 4.47. The largest absolute Gasteiger partial charge is 0.350 e. The normalized spacial score (nSPS) is 25.1. The van der Waals surface area contributed by atoms with Crippen molar-refractivity contribution in [2.75, 3.05) is 4.90 Å². The van der Waals surface area contributed by atoms with E-state index in [9.17, 15) is 0 Å². The molecule has 0 bridgehead atoms. The van der Waals surface area contributed by atoms with Crippen LogP contribution in [-0.2, 0) is 0 Å². The smallest absolute Gasteiger partial charge is 0.147 e. The molecule has 1 fully saturated rings. The average molecular weight is 304 g/mol. The molecule has 0 radical (unpaired) electrons. The fraction of sp³-hybridized carbons (Fsp3) is 0.583. The van der Waals surface area contributed by atoms with Crippen molar-refractivity contribution in [1.29, 1.82) is 0 Å². The molecule has 1 aromatic heterocycles. The van der Waals surface area contributed by atoms with Crippen LogP contribution in [0.2, 0.25) is 5.02 Å². The number of hydrogen-bond acceptors (Lipinski definition) is 2. The number of nitrogens with zero attached hydrogens (tertiary/aromatic N) is 2. The second kappa shape index (κ2) is 4.92. The topological polar surface area (TPSA) is 16.1 Å². The highest BCUT2D eigenvalue weighted by molar-refractivity contribution is 9.10. The van der Waals surface area contributed by atoms with Crippen LogP contribution >= 0.6 is 27.5 Å². The Balaban J connectivity index is 2.34. The van der Waals surface area contributed by atoms with Crippen LogP contribution in [-0.4, -0.2) is 17.1 Å². The maximum atomic E-state index is 6.26. The summed E-state index contributed by atoms with van der Waals surface area (Å²) >= 11 is 9.65. The fourth-order valence-electron chi connectivity index (χ4n) is 2.45. The van der Waals surface area contributed by atoms with Crippen molar-refractivity contribution in [2.45, 2.75) is 45.2 Å². The summed E-state index contributed by atoms with van der Waals surface area (Å²) in [5.74, 6) is 0.932. The van der Waals surface area contributed by atoms with E-state index in [1.165, 1.54) is 12.8 Å². The quantitative estimate of drug-likeness (QED) is 0.811. The number of rotatable bonds is 2. The molecule has 1 aliphatic rings. The first-order chi connectivity index (χ1) is 7.63. The van der Waals surface area contributed by atoms with E-state index < -0.39 is 0 Å². The van der Waals surface area contributed by atoms with Crippen LogP contribution in [0, 0.1) is 0 Å². The maximum absolute atomic E-state index is 6.26. The van der Waals surface area contributed by atoms with Crippen molar-refractivity contribution in [3.63, 3.8) is 0 Å². The number of anilines is 1. The van der Waals surface area contributed by atoms with Crippen molar-refractivity contribution < 1.29 is 0 Å². The first kappa shape index (κ1) is 12.2. The zero-order valence-electron chi connectivity index (χ0n) is 9.58. The lowest BCUT2D eigenvalue weighted by Gasteiger charge is -2.29. The first-order valence-electron chi connectivity index (χ1n) is 5.73. The molecule has 1 saturated heterocycles. The second-order valence-corrected chi connectivity index (χ2v) is 5.68. The minimum atomic E-state index is 0.538. The van der Waals surface area contributed by atoms with Gasteiger partial charge in [-0.2, -0.15) is 0 Å². The Morgan fingerprint density at radius 2 is 2.31 bits per heavy atom.